The molecular formula is C5H10O4S. The maximum atomic E-state index is 9.96. The van der Waals surface area contributed by atoms with Crippen molar-refractivity contribution in [1.82, 2.24) is 0 Å². The number of carboxylic acid groups (broad SMARTS) is 1. The fraction of sp³-hybridized carbons (Fsp3) is 0.800. The fourth-order valence-electron chi connectivity index (χ4n) is 0.302. The number of thioether (sulfide) groups is 1. The number of rotatable bonds is 4. The van der Waals surface area contributed by atoms with E-state index in [4.69, 9.17) is 15.3 Å². The van der Waals surface area contributed by atoms with Gasteiger partial charge in [-0.05, 0) is 6.92 Å². The Morgan fingerprint density at radius 2 is 2.10 bits per heavy atom. The van der Waals surface area contributed by atoms with Crippen LogP contribution in [0.15, 0.2) is 0 Å². The van der Waals surface area contributed by atoms with Gasteiger partial charge in [-0.2, -0.15) is 0 Å². The van der Waals surface area contributed by atoms with E-state index in [1.165, 1.54) is 6.92 Å². The van der Waals surface area contributed by atoms with Crippen molar-refractivity contribution in [2.24, 2.45) is 0 Å². The minimum atomic E-state index is -1.42. The Morgan fingerprint density at radius 1 is 1.60 bits per heavy atom. The highest BCUT2D eigenvalue weighted by Crippen LogP contribution is 2.08. The van der Waals surface area contributed by atoms with Gasteiger partial charge in [-0.25, -0.2) is 4.79 Å². The van der Waals surface area contributed by atoms with Gasteiger partial charge in [0.25, 0.3) is 0 Å². The van der Waals surface area contributed by atoms with Crippen LogP contribution in [0.5, 0.6) is 0 Å². The molecule has 0 saturated carbocycles. The number of carbonyl (C=O) groups is 1. The summed E-state index contributed by atoms with van der Waals surface area (Å²) in [6, 6.07) is 0. The standard InChI is InChI=1S/C5H10O4S/c1-3(6)2-10-5(9)4(7)8/h3,5-6,9H,2H2,1H3,(H,7,8). The van der Waals surface area contributed by atoms with Crippen LogP contribution in [0.4, 0.5) is 0 Å². The lowest BCUT2D eigenvalue weighted by Gasteiger charge is -2.05. The summed E-state index contributed by atoms with van der Waals surface area (Å²) in [7, 11) is 0. The second kappa shape index (κ2) is 4.54. The Morgan fingerprint density at radius 3 is 2.40 bits per heavy atom. The van der Waals surface area contributed by atoms with Crippen molar-refractivity contribution in [2.75, 3.05) is 5.75 Å². The molecule has 2 atom stereocenters. The average Bonchev–Trinajstić information content (AvgIpc) is 1.82. The summed E-state index contributed by atoms with van der Waals surface area (Å²) in [4.78, 5) is 9.96. The molecule has 5 heteroatoms. The molecule has 0 saturated heterocycles. The molecule has 60 valence electrons. The summed E-state index contributed by atoms with van der Waals surface area (Å²) in [5.41, 5.74) is -1.42. The fourth-order valence-corrected chi connectivity index (χ4v) is 0.905. The van der Waals surface area contributed by atoms with Crippen molar-refractivity contribution >= 4 is 17.7 Å². The third-order valence-corrected chi connectivity index (χ3v) is 1.90. The Hall–Kier alpha value is -0.260. The van der Waals surface area contributed by atoms with Gasteiger partial charge in [0, 0.05) is 5.75 Å². The van der Waals surface area contributed by atoms with E-state index in [-0.39, 0.29) is 5.75 Å². The normalized spacial score (nSPS) is 16.3. The van der Waals surface area contributed by atoms with Crippen LogP contribution in [0.3, 0.4) is 0 Å². The Labute approximate surface area is 62.9 Å². The zero-order valence-electron chi connectivity index (χ0n) is 5.52. The summed E-state index contributed by atoms with van der Waals surface area (Å²) in [5, 5.41) is 25.4. The predicted octanol–water partition coefficient (Wildman–Crippen LogP) is -0.497. The topological polar surface area (TPSA) is 77.8 Å². The second-order valence-corrected chi connectivity index (χ2v) is 2.99. The molecule has 0 bridgehead atoms. The number of carboxylic acids is 1. The van der Waals surface area contributed by atoms with E-state index in [0.29, 0.717) is 0 Å². The van der Waals surface area contributed by atoms with Crippen LogP contribution in [-0.2, 0) is 4.79 Å². The first kappa shape index (κ1) is 9.74. The van der Waals surface area contributed by atoms with Gasteiger partial charge in [-0.3, -0.25) is 0 Å². The van der Waals surface area contributed by atoms with Crippen molar-refractivity contribution in [3.63, 3.8) is 0 Å². The van der Waals surface area contributed by atoms with Crippen molar-refractivity contribution in [3.8, 4) is 0 Å². The molecule has 4 nitrogen and oxygen atoms in total. The molecule has 0 aliphatic rings. The van der Waals surface area contributed by atoms with E-state index in [2.05, 4.69) is 0 Å². The first-order valence-corrected chi connectivity index (χ1v) is 3.79. The molecule has 0 aromatic heterocycles. The molecule has 0 amide bonds. The zero-order valence-corrected chi connectivity index (χ0v) is 6.34. The van der Waals surface area contributed by atoms with Crippen molar-refractivity contribution < 1.29 is 20.1 Å². The Balaban J connectivity index is 3.40. The van der Waals surface area contributed by atoms with Gasteiger partial charge in [0.2, 0.25) is 0 Å². The van der Waals surface area contributed by atoms with E-state index in [9.17, 15) is 4.79 Å². The first-order valence-electron chi connectivity index (χ1n) is 2.74. The molecule has 3 N–H and O–H groups in total. The number of aliphatic hydroxyl groups is 2. The molecule has 0 spiro atoms. The third-order valence-electron chi connectivity index (χ3n) is 0.707. The molecule has 0 heterocycles. The summed E-state index contributed by atoms with van der Waals surface area (Å²) < 4.78 is 0. The van der Waals surface area contributed by atoms with E-state index in [1.54, 1.807) is 0 Å². The van der Waals surface area contributed by atoms with Gasteiger partial charge in [-0.1, -0.05) is 0 Å². The predicted molar refractivity (Wildman–Crippen MR) is 37.8 cm³/mol. The van der Waals surface area contributed by atoms with Gasteiger partial charge in [0.15, 0.2) is 5.44 Å². The summed E-state index contributed by atoms with van der Waals surface area (Å²) >= 11 is 0.799. The van der Waals surface area contributed by atoms with Crippen LogP contribution in [0.2, 0.25) is 0 Å². The first-order chi connectivity index (χ1) is 4.54. The lowest BCUT2D eigenvalue weighted by Crippen LogP contribution is -2.18. The lowest BCUT2D eigenvalue weighted by atomic mass is 10.5. The zero-order chi connectivity index (χ0) is 8.15. The molecule has 0 aliphatic heterocycles. The number of aliphatic hydroxyl groups excluding tert-OH is 2. The number of hydrogen-bond acceptors (Lipinski definition) is 4. The van der Waals surface area contributed by atoms with Crippen LogP contribution in [0, 0.1) is 0 Å². The van der Waals surface area contributed by atoms with E-state index in [0.717, 1.165) is 11.8 Å². The highest BCUT2D eigenvalue weighted by molar-refractivity contribution is 8.00. The SMILES string of the molecule is CC(O)CSC(O)C(=O)O. The molecular weight excluding hydrogens is 156 g/mol. The molecule has 0 radical (unpaired) electrons. The monoisotopic (exact) mass is 166 g/mol. The molecule has 0 aliphatic carbocycles. The minimum Gasteiger partial charge on any atom is -0.479 e. The van der Waals surface area contributed by atoms with Crippen molar-refractivity contribution in [3.05, 3.63) is 0 Å². The average molecular weight is 166 g/mol. The third kappa shape index (κ3) is 4.60. The van der Waals surface area contributed by atoms with Crippen LogP contribution in [0.25, 0.3) is 0 Å². The Kier molecular flexibility index (Phi) is 4.42. The summed E-state index contributed by atoms with van der Waals surface area (Å²) in [6.07, 6.45) is -0.584. The van der Waals surface area contributed by atoms with Crippen LogP contribution in [0.1, 0.15) is 6.92 Å². The molecule has 0 aromatic rings. The van der Waals surface area contributed by atoms with E-state index in [1.807, 2.05) is 0 Å². The molecule has 0 rings (SSSR count). The number of aliphatic carboxylic acids is 1. The molecule has 2 unspecified atom stereocenters. The van der Waals surface area contributed by atoms with Gasteiger partial charge in [0.1, 0.15) is 0 Å². The summed E-state index contributed by atoms with van der Waals surface area (Å²) in [6.45, 7) is 1.53. The van der Waals surface area contributed by atoms with Gasteiger partial charge >= 0.3 is 5.97 Å². The van der Waals surface area contributed by atoms with Gasteiger partial charge in [0.05, 0.1) is 6.10 Å². The summed E-state index contributed by atoms with van der Waals surface area (Å²) in [5.74, 6) is -1.04. The second-order valence-electron chi connectivity index (χ2n) is 1.87. The van der Waals surface area contributed by atoms with Gasteiger partial charge < -0.3 is 15.3 Å². The van der Waals surface area contributed by atoms with Gasteiger partial charge in [-0.15, -0.1) is 11.8 Å². The molecule has 10 heavy (non-hydrogen) atoms. The number of hydrogen-bond donors (Lipinski definition) is 3. The largest absolute Gasteiger partial charge is 0.479 e. The van der Waals surface area contributed by atoms with E-state index >= 15 is 0 Å². The molecule has 0 fully saturated rings. The van der Waals surface area contributed by atoms with E-state index < -0.39 is 17.5 Å². The van der Waals surface area contributed by atoms with Crippen molar-refractivity contribution in [1.29, 1.82) is 0 Å². The Bertz CT molecular complexity index is 114. The maximum Gasteiger partial charge on any atom is 0.343 e. The lowest BCUT2D eigenvalue weighted by molar-refractivity contribution is -0.141. The van der Waals surface area contributed by atoms with Crippen LogP contribution < -0.4 is 0 Å². The van der Waals surface area contributed by atoms with Crippen LogP contribution >= 0.6 is 11.8 Å². The quantitative estimate of drug-likeness (QED) is 0.491. The maximum absolute atomic E-state index is 9.96. The molecule has 0 aromatic carbocycles. The highest BCUT2D eigenvalue weighted by atomic mass is 32.2. The van der Waals surface area contributed by atoms with Crippen LogP contribution in [-0.4, -0.2) is 38.6 Å². The minimum absolute atomic E-state index is 0.230. The van der Waals surface area contributed by atoms with Crippen molar-refractivity contribution in [2.45, 2.75) is 18.5 Å². The smallest absolute Gasteiger partial charge is 0.343 e. The highest BCUT2D eigenvalue weighted by Gasteiger charge is 2.13.